The molecule has 9 heavy (non-hydrogen) atoms. The number of fused-ring (bicyclic) bond motifs is 1. The Morgan fingerprint density at radius 1 is 1.22 bits per heavy atom. The van der Waals surface area contributed by atoms with Gasteiger partial charge in [-0.1, -0.05) is 5.17 Å². The van der Waals surface area contributed by atoms with Crippen molar-refractivity contribution in [1.82, 2.24) is 0 Å². The van der Waals surface area contributed by atoms with E-state index in [2.05, 4.69) is 0 Å². The van der Waals surface area contributed by atoms with Gasteiger partial charge in [0.15, 0.2) is 0 Å². The number of nitrogens with two attached hydrogens (primary N) is 3. The highest BCUT2D eigenvalue weighted by Crippen LogP contribution is 2.33. The van der Waals surface area contributed by atoms with Gasteiger partial charge in [-0.2, -0.15) is 0 Å². The van der Waals surface area contributed by atoms with Gasteiger partial charge in [0.2, 0.25) is 0 Å². The first kappa shape index (κ1) is 5.19. The molecule has 0 saturated carbocycles. The Hall–Kier alpha value is -0.613. The lowest BCUT2D eigenvalue weighted by atomic mass is 10.2. The Morgan fingerprint density at radius 3 is 2.11 bits per heavy atom. The first-order chi connectivity index (χ1) is 4.22. The van der Waals surface area contributed by atoms with E-state index in [4.69, 9.17) is 17.2 Å². The van der Waals surface area contributed by atoms with Crippen LogP contribution in [0.5, 0.6) is 0 Å². The van der Waals surface area contributed by atoms with Gasteiger partial charge in [-0.15, -0.1) is 0 Å². The van der Waals surface area contributed by atoms with Crippen molar-refractivity contribution in [2.24, 2.45) is 17.2 Å². The molecule has 0 aromatic rings. The third-order valence-corrected chi connectivity index (χ3v) is 3.39. The molecule has 0 aromatic heterocycles. The zero-order valence-electron chi connectivity index (χ0n) is 4.89. The van der Waals surface area contributed by atoms with E-state index in [9.17, 15) is 0 Å². The minimum Gasteiger partial charge on any atom is -0.400 e. The van der Waals surface area contributed by atoms with Crippen LogP contribution in [0.3, 0.4) is 0 Å². The molecule has 1 aliphatic heterocycles. The maximum atomic E-state index is 5.66. The molecule has 2 rings (SSSR count). The largest absolute Gasteiger partial charge is 0.400 e. The lowest BCUT2D eigenvalue weighted by molar-refractivity contribution is 0.992. The lowest BCUT2D eigenvalue weighted by Crippen LogP contribution is -2.29. The summed E-state index contributed by atoms with van der Waals surface area (Å²) in [5, 5.41) is 1.35. The van der Waals surface area contributed by atoms with Gasteiger partial charge >= 0.3 is 0 Å². The molecule has 2 unspecified atom stereocenters. The molecule has 2 atom stereocenters. The fourth-order valence-corrected chi connectivity index (χ4v) is 2.40. The second-order valence-corrected chi connectivity index (χ2v) is 3.86. The van der Waals surface area contributed by atoms with Crippen LogP contribution in [0.15, 0.2) is 11.4 Å². The van der Waals surface area contributed by atoms with Crippen LogP contribution in [-0.4, -0.2) is 20.3 Å². The third-order valence-electron chi connectivity index (χ3n) is 1.85. The zero-order chi connectivity index (χ0) is 6.59. The van der Waals surface area contributed by atoms with Crippen LogP contribution in [-0.2, 0) is 0 Å². The predicted molar refractivity (Wildman–Crippen MR) is 37.9 cm³/mol. The zero-order valence-corrected chi connectivity index (χ0v) is 5.89. The second kappa shape index (κ2) is 1.27. The maximum Gasteiger partial charge on any atom is 0.0643 e. The molecule has 1 aliphatic carbocycles. The highest BCUT2D eigenvalue weighted by Gasteiger charge is 2.41. The molecule has 2 aliphatic rings. The predicted octanol–water partition coefficient (Wildman–Crippen LogP) is -1.86. The van der Waals surface area contributed by atoms with Crippen LogP contribution in [0, 0.1) is 0 Å². The molecular weight excluding hydrogens is 130 g/mol. The average Bonchev–Trinajstić information content (AvgIpc) is 2.56. The van der Waals surface area contributed by atoms with E-state index in [0.29, 0.717) is 11.2 Å². The Bertz CT molecular complexity index is 226. The summed E-state index contributed by atoms with van der Waals surface area (Å²) >= 11 is 0. The number of allylic oxidation sites excluding steroid dienone is 1. The molecule has 0 saturated heterocycles. The van der Waals surface area contributed by atoms with Crippen molar-refractivity contribution < 1.29 is 0 Å². The minimum absolute atomic E-state index is 0.00617. The van der Waals surface area contributed by atoms with Gasteiger partial charge in [0.1, 0.15) is 0 Å². The quantitative estimate of drug-likeness (QED) is 0.343. The van der Waals surface area contributed by atoms with Crippen molar-refractivity contribution in [2.45, 2.75) is 11.6 Å². The first-order valence-electron chi connectivity index (χ1n) is 2.85. The van der Waals surface area contributed by atoms with Gasteiger partial charge in [0.05, 0.1) is 6.04 Å². The SMILES string of the molecule is NC1=C(N)C2[Si]=C2C1N. The Morgan fingerprint density at radius 2 is 1.89 bits per heavy atom. The molecule has 1 heterocycles. The molecule has 6 N–H and O–H groups in total. The average molecular weight is 138 g/mol. The van der Waals surface area contributed by atoms with E-state index >= 15 is 0 Å². The Balaban J connectivity index is 2.38. The normalized spacial score (nSPS) is 38.6. The number of hydrogen-bond acceptors (Lipinski definition) is 3. The van der Waals surface area contributed by atoms with Gasteiger partial charge in [-0.25, -0.2) is 0 Å². The molecule has 0 bridgehead atoms. The van der Waals surface area contributed by atoms with E-state index in [1.807, 2.05) is 0 Å². The van der Waals surface area contributed by atoms with Crippen molar-refractivity contribution in [2.75, 3.05) is 0 Å². The van der Waals surface area contributed by atoms with Crippen molar-refractivity contribution in [3.05, 3.63) is 11.4 Å². The van der Waals surface area contributed by atoms with Crippen LogP contribution >= 0.6 is 0 Å². The van der Waals surface area contributed by atoms with E-state index < -0.39 is 0 Å². The van der Waals surface area contributed by atoms with Gasteiger partial charge < -0.3 is 17.2 Å². The molecule has 4 heteroatoms. The number of hydrogen-bond donors (Lipinski definition) is 3. The smallest absolute Gasteiger partial charge is 0.0643 e. The summed E-state index contributed by atoms with van der Waals surface area (Å²) in [6.07, 6.45) is 0. The van der Waals surface area contributed by atoms with E-state index in [0.717, 1.165) is 14.8 Å². The molecule has 3 nitrogen and oxygen atoms in total. The van der Waals surface area contributed by atoms with Crippen LogP contribution in [0.25, 0.3) is 0 Å². The van der Waals surface area contributed by atoms with Gasteiger partial charge in [0, 0.05) is 26.1 Å². The van der Waals surface area contributed by atoms with Crippen LogP contribution in [0.2, 0.25) is 5.54 Å². The molecule has 47 valence electrons. The summed E-state index contributed by atoms with van der Waals surface area (Å²) < 4.78 is 0. The van der Waals surface area contributed by atoms with Gasteiger partial charge in [-0.05, 0) is 0 Å². The monoisotopic (exact) mass is 138 g/mol. The van der Waals surface area contributed by atoms with Crippen LogP contribution in [0.1, 0.15) is 0 Å². The van der Waals surface area contributed by atoms with Crippen molar-refractivity contribution in [1.29, 1.82) is 0 Å². The summed E-state index contributed by atoms with van der Waals surface area (Å²) in [6, 6.07) is -0.00617. The maximum absolute atomic E-state index is 5.66. The molecule has 0 fully saturated rings. The Kier molecular flexibility index (Phi) is 0.734. The highest BCUT2D eigenvalue weighted by molar-refractivity contribution is 6.80. The standard InChI is InChI=1S/C5H8N3Si/c6-1-2(7)4-5(9-4)3(1)8/h2,5H,6-8H2. The van der Waals surface area contributed by atoms with E-state index in [1.54, 1.807) is 0 Å². The van der Waals surface area contributed by atoms with Gasteiger partial charge in [-0.3, -0.25) is 0 Å². The fraction of sp³-hybridized carbons (Fsp3) is 0.400. The fourth-order valence-electron chi connectivity index (χ4n) is 1.15. The third kappa shape index (κ3) is 0.469. The summed E-state index contributed by atoms with van der Waals surface area (Å²) in [4.78, 5) is 0. The van der Waals surface area contributed by atoms with Crippen molar-refractivity contribution in [3.8, 4) is 0 Å². The van der Waals surface area contributed by atoms with Gasteiger partial charge in [0.25, 0.3) is 0 Å². The molecular formula is C5H8N3Si. The molecule has 0 amide bonds. The second-order valence-electron chi connectivity index (χ2n) is 2.42. The van der Waals surface area contributed by atoms with E-state index in [1.165, 1.54) is 5.17 Å². The summed E-state index contributed by atoms with van der Waals surface area (Å²) in [7, 11) is 0.860. The summed E-state index contributed by atoms with van der Waals surface area (Å²) in [5.41, 5.74) is 18.8. The summed E-state index contributed by atoms with van der Waals surface area (Å²) in [6.45, 7) is 0. The van der Waals surface area contributed by atoms with Crippen molar-refractivity contribution >= 4 is 14.3 Å². The Labute approximate surface area is 55.3 Å². The van der Waals surface area contributed by atoms with Crippen LogP contribution < -0.4 is 17.2 Å². The topological polar surface area (TPSA) is 78.1 Å². The molecule has 0 spiro atoms. The first-order valence-corrected chi connectivity index (χ1v) is 3.93. The summed E-state index contributed by atoms with van der Waals surface area (Å²) in [5.74, 6) is 0. The molecule has 1 radical (unpaired) electrons. The molecule has 0 aromatic carbocycles. The van der Waals surface area contributed by atoms with Crippen molar-refractivity contribution in [3.63, 3.8) is 0 Å². The highest BCUT2D eigenvalue weighted by atomic mass is 28.2. The van der Waals surface area contributed by atoms with Crippen LogP contribution in [0.4, 0.5) is 0 Å². The van der Waals surface area contributed by atoms with E-state index in [-0.39, 0.29) is 6.04 Å². The minimum atomic E-state index is -0.00617. The number of rotatable bonds is 0. The lowest BCUT2D eigenvalue weighted by Gasteiger charge is -2.02.